The molecule has 1 atom stereocenters. The molecule has 1 aliphatic heterocycles. The van der Waals surface area contributed by atoms with Gasteiger partial charge >= 0.3 is 0 Å². The maximum atomic E-state index is 13.0. The van der Waals surface area contributed by atoms with Crippen LogP contribution >= 0.6 is 0 Å². The number of pyridine rings is 1. The first-order valence-electron chi connectivity index (χ1n) is 7.57. The number of hydrogen-bond donors (Lipinski definition) is 0. The highest BCUT2D eigenvalue weighted by Crippen LogP contribution is 2.27. The molecular formula is C15H22N4O3S. The van der Waals surface area contributed by atoms with Crippen molar-refractivity contribution in [2.45, 2.75) is 44.3 Å². The van der Waals surface area contributed by atoms with Crippen LogP contribution in [0.4, 0.5) is 0 Å². The number of sulfonamides is 1. The number of aryl methyl sites for hydroxylation is 2. The molecule has 7 nitrogen and oxygen atoms in total. The molecule has 2 aromatic rings. The van der Waals surface area contributed by atoms with Gasteiger partial charge in [0.2, 0.25) is 10.0 Å². The van der Waals surface area contributed by atoms with Crippen LogP contribution in [-0.2, 0) is 21.8 Å². The summed E-state index contributed by atoms with van der Waals surface area (Å²) in [5.41, 5.74) is 0.937. The van der Waals surface area contributed by atoms with Crippen LogP contribution < -0.4 is 0 Å². The number of aromatic nitrogens is 3. The first-order valence-corrected chi connectivity index (χ1v) is 9.01. The number of morpholine rings is 1. The predicted octanol–water partition coefficient (Wildman–Crippen LogP) is 1.46. The summed E-state index contributed by atoms with van der Waals surface area (Å²) >= 11 is 0. The second-order valence-electron chi connectivity index (χ2n) is 6.74. The molecule has 3 heterocycles. The maximum Gasteiger partial charge on any atom is 0.244 e. The monoisotopic (exact) mass is 338 g/mol. The van der Waals surface area contributed by atoms with E-state index in [0.29, 0.717) is 18.7 Å². The van der Waals surface area contributed by atoms with Crippen molar-refractivity contribution in [2.24, 2.45) is 7.05 Å². The molecular weight excluding hydrogens is 316 g/mol. The minimum Gasteiger partial charge on any atom is -0.370 e. The number of nitrogens with zero attached hydrogens (tertiary/aromatic N) is 4. The Morgan fingerprint density at radius 3 is 2.74 bits per heavy atom. The van der Waals surface area contributed by atoms with Crippen molar-refractivity contribution in [2.75, 3.05) is 13.1 Å². The van der Waals surface area contributed by atoms with Gasteiger partial charge in [-0.1, -0.05) is 0 Å². The molecule has 0 radical (unpaired) electrons. The van der Waals surface area contributed by atoms with Crippen LogP contribution in [0.3, 0.4) is 0 Å². The standard InChI is InChI=1S/C15H22N4O3S/c1-10-8-19(9-15(3,4)22-10)23(20,21)12-6-13-11(2)17-18(5)14(13)16-7-12/h6-7,10H,8-9H2,1-5H3. The third kappa shape index (κ3) is 2.86. The first-order chi connectivity index (χ1) is 10.6. The molecule has 3 rings (SSSR count). The predicted molar refractivity (Wildman–Crippen MR) is 86.6 cm³/mol. The van der Waals surface area contributed by atoms with Crippen LogP contribution in [-0.4, -0.2) is 52.3 Å². The van der Waals surface area contributed by atoms with Crippen LogP contribution in [0.25, 0.3) is 11.0 Å². The Bertz CT molecular complexity index is 857. The molecule has 0 spiro atoms. The smallest absolute Gasteiger partial charge is 0.244 e. The van der Waals surface area contributed by atoms with Gasteiger partial charge in [-0.25, -0.2) is 13.4 Å². The summed E-state index contributed by atoms with van der Waals surface area (Å²) in [6, 6.07) is 1.66. The van der Waals surface area contributed by atoms with Gasteiger partial charge in [0.15, 0.2) is 5.65 Å². The lowest BCUT2D eigenvalue weighted by Crippen LogP contribution is -2.53. The van der Waals surface area contributed by atoms with Crippen molar-refractivity contribution in [3.8, 4) is 0 Å². The average molecular weight is 338 g/mol. The molecule has 23 heavy (non-hydrogen) atoms. The molecule has 1 fully saturated rings. The molecule has 1 saturated heterocycles. The summed E-state index contributed by atoms with van der Waals surface area (Å²) in [7, 11) is -1.82. The molecule has 1 unspecified atom stereocenters. The van der Waals surface area contributed by atoms with Crippen LogP contribution in [0.1, 0.15) is 26.5 Å². The fourth-order valence-electron chi connectivity index (χ4n) is 3.16. The summed E-state index contributed by atoms with van der Waals surface area (Å²) in [6.07, 6.45) is 1.26. The average Bonchev–Trinajstić information content (AvgIpc) is 2.71. The van der Waals surface area contributed by atoms with Crippen molar-refractivity contribution in [3.05, 3.63) is 18.0 Å². The molecule has 126 valence electrons. The Balaban J connectivity index is 2.04. The normalized spacial score (nSPS) is 22.6. The Morgan fingerprint density at radius 2 is 2.09 bits per heavy atom. The highest BCUT2D eigenvalue weighted by atomic mass is 32.2. The van der Waals surface area contributed by atoms with Gasteiger partial charge in [0.1, 0.15) is 4.90 Å². The summed E-state index contributed by atoms with van der Waals surface area (Å²) in [5, 5.41) is 5.05. The summed E-state index contributed by atoms with van der Waals surface area (Å²) < 4.78 is 34.9. The number of rotatable bonds is 2. The zero-order chi connectivity index (χ0) is 17.0. The van der Waals surface area contributed by atoms with E-state index < -0.39 is 15.6 Å². The van der Waals surface area contributed by atoms with E-state index in [-0.39, 0.29) is 11.0 Å². The lowest BCUT2D eigenvalue weighted by molar-refractivity contribution is -0.109. The van der Waals surface area contributed by atoms with E-state index >= 15 is 0 Å². The minimum atomic E-state index is -3.61. The fraction of sp³-hybridized carbons (Fsp3) is 0.600. The molecule has 0 saturated carbocycles. The quantitative estimate of drug-likeness (QED) is 0.828. The van der Waals surface area contributed by atoms with Crippen LogP contribution in [0.15, 0.2) is 17.2 Å². The maximum absolute atomic E-state index is 13.0. The van der Waals surface area contributed by atoms with Gasteiger partial charge < -0.3 is 4.74 Å². The van der Waals surface area contributed by atoms with Crippen LogP contribution in [0, 0.1) is 6.92 Å². The Morgan fingerprint density at radius 1 is 1.39 bits per heavy atom. The van der Waals surface area contributed by atoms with Crippen molar-refractivity contribution in [1.29, 1.82) is 0 Å². The molecule has 0 aliphatic carbocycles. The summed E-state index contributed by atoms with van der Waals surface area (Å²) in [4.78, 5) is 4.48. The minimum absolute atomic E-state index is 0.148. The van der Waals surface area contributed by atoms with E-state index in [1.165, 1.54) is 10.5 Å². The van der Waals surface area contributed by atoms with E-state index in [1.54, 1.807) is 17.8 Å². The van der Waals surface area contributed by atoms with Crippen molar-refractivity contribution >= 4 is 21.1 Å². The van der Waals surface area contributed by atoms with Gasteiger partial charge in [-0.2, -0.15) is 9.40 Å². The largest absolute Gasteiger partial charge is 0.370 e. The Hall–Kier alpha value is -1.51. The lowest BCUT2D eigenvalue weighted by atomic mass is 10.1. The van der Waals surface area contributed by atoms with Gasteiger partial charge in [-0.05, 0) is 33.8 Å². The molecule has 0 amide bonds. The van der Waals surface area contributed by atoms with Crippen LogP contribution in [0.2, 0.25) is 0 Å². The van der Waals surface area contributed by atoms with Crippen molar-refractivity contribution in [1.82, 2.24) is 19.1 Å². The SMILES string of the molecule is Cc1nn(C)c2ncc(S(=O)(=O)N3CC(C)OC(C)(C)C3)cc12. The second-order valence-corrected chi connectivity index (χ2v) is 8.67. The molecule has 0 bridgehead atoms. The van der Waals surface area contributed by atoms with E-state index in [4.69, 9.17) is 4.74 Å². The summed E-state index contributed by atoms with van der Waals surface area (Å²) in [6.45, 7) is 8.20. The number of ether oxygens (including phenoxy) is 1. The van der Waals surface area contributed by atoms with Crippen molar-refractivity contribution < 1.29 is 13.2 Å². The van der Waals surface area contributed by atoms with Gasteiger partial charge in [-0.3, -0.25) is 4.68 Å². The highest BCUT2D eigenvalue weighted by molar-refractivity contribution is 7.89. The zero-order valence-electron chi connectivity index (χ0n) is 14.1. The van der Waals surface area contributed by atoms with Crippen LogP contribution in [0.5, 0.6) is 0 Å². The summed E-state index contributed by atoms with van der Waals surface area (Å²) in [5.74, 6) is 0. The topological polar surface area (TPSA) is 77.3 Å². The van der Waals surface area contributed by atoms with E-state index in [0.717, 1.165) is 11.1 Å². The Labute approximate surface area is 136 Å². The van der Waals surface area contributed by atoms with E-state index in [1.807, 2.05) is 27.7 Å². The lowest BCUT2D eigenvalue weighted by Gasteiger charge is -2.40. The number of hydrogen-bond acceptors (Lipinski definition) is 5. The van der Waals surface area contributed by atoms with Gasteiger partial charge in [0.25, 0.3) is 0 Å². The molecule has 8 heteroatoms. The Kier molecular flexibility index (Phi) is 3.74. The molecule has 2 aromatic heterocycles. The number of fused-ring (bicyclic) bond motifs is 1. The highest BCUT2D eigenvalue weighted by Gasteiger charge is 2.38. The second kappa shape index (κ2) is 5.25. The third-order valence-electron chi connectivity index (χ3n) is 4.01. The van der Waals surface area contributed by atoms with E-state index in [9.17, 15) is 8.42 Å². The zero-order valence-corrected chi connectivity index (χ0v) is 14.9. The first kappa shape index (κ1) is 16.4. The molecule has 0 aromatic carbocycles. The van der Waals surface area contributed by atoms with Gasteiger partial charge in [0, 0.05) is 31.7 Å². The fourth-order valence-corrected chi connectivity index (χ4v) is 4.80. The van der Waals surface area contributed by atoms with Gasteiger partial charge in [-0.15, -0.1) is 0 Å². The third-order valence-corrected chi connectivity index (χ3v) is 5.79. The van der Waals surface area contributed by atoms with Gasteiger partial charge in [0.05, 0.1) is 17.4 Å². The van der Waals surface area contributed by atoms with E-state index in [2.05, 4.69) is 10.1 Å². The molecule has 1 aliphatic rings. The molecule has 0 N–H and O–H groups in total. The van der Waals surface area contributed by atoms with Crippen molar-refractivity contribution in [3.63, 3.8) is 0 Å².